The Morgan fingerprint density at radius 1 is 0.865 bits per heavy atom. The molecule has 0 spiro atoms. The molecule has 2 aromatic rings. The van der Waals surface area contributed by atoms with Crippen molar-refractivity contribution in [2.75, 3.05) is 0 Å². The van der Waals surface area contributed by atoms with Gasteiger partial charge in [0.25, 0.3) is 5.91 Å². The second-order valence-electron chi connectivity index (χ2n) is 7.27. The first-order chi connectivity index (χ1) is 16.8. The summed E-state index contributed by atoms with van der Waals surface area (Å²) in [4.78, 5) is 23.2. The molecule has 1 atom stereocenters. The van der Waals surface area contributed by atoms with Gasteiger partial charge in [-0.15, -0.1) is 0 Å². The van der Waals surface area contributed by atoms with Crippen LogP contribution in [-0.4, -0.2) is 24.2 Å². The predicted molar refractivity (Wildman–Crippen MR) is 117 cm³/mol. The summed E-state index contributed by atoms with van der Waals surface area (Å²) in [5.74, 6) is -5.72. The molecule has 0 aliphatic heterocycles. The second-order valence-corrected chi connectivity index (χ2v) is 8.47. The first-order valence-electron chi connectivity index (χ1n) is 9.56. The highest BCUT2D eigenvalue weighted by Gasteiger charge is 2.40. The van der Waals surface area contributed by atoms with Crippen LogP contribution in [0.5, 0.6) is 0 Å². The van der Waals surface area contributed by atoms with Crippen molar-refractivity contribution < 1.29 is 49.1 Å². The van der Waals surface area contributed by atoms with Crippen LogP contribution in [0.15, 0.2) is 36.4 Å². The van der Waals surface area contributed by atoms with Gasteiger partial charge in [0.15, 0.2) is 0 Å². The van der Waals surface area contributed by atoms with E-state index in [1.54, 1.807) is 0 Å². The van der Waals surface area contributed by atoms with Gasteiger partial charge in [-0.3, -0.25) is 20.4 Å². The average Bonchev–Trinajstić information content (AvgIpc) is 2.73. The lowest BCUT2D eigenvalue weighted by Gasteiger charge is -2.19. The molecule has 2 N–H and O–H groups in total. The minimum atomic E-state index is -5.20. The number of hydrogen-bond acceptors (Lipinski definition) is 2. The number of alkyl halides is 9. The van der Waals surface area contributed by atoms with Crippen LogP contribution in [0.3, 0.4) is 0 Å². The number of carbonyl (C=O) groups excluding carboxylic acids is 2. The van der Waals surface area contributed by atoms with Crippen LogP contribution in [-0.2, 0) is 11.0 Å². The van der Waals surface area contributed by atoms with Gasteiger partial charge in [0.05, 0.1) is 32.1 Å². The number of amides is 2. The molecule has 0 saturated carbocycles. The van der Waals surface area contributed by atoms with E-state index < -0.39 is 64.9 Å². The summed E-state index contributed by atoms with van der Waals surface area (Å²) in [6.45, 7) is 0. The van der Waals surface area contributed by atoms with Gasteiger partial charge >= 0.3 is 18.5 Å². The maximum atomic E-state index is 13.7. The van der Waals surface area contributed by atoms with Crippen LogP contribution in [0.1, 0.15) is 39.4 Å². The highest BCUT2D eigenvalue weighted by molar-refractivity contribution is 6.48. The van der Waals surface area contributed by atoms with E-state index in [1.807, 2.05) is 0 Å². The quantitative estimate of drug-likeness (QED) is 0.209. The van der Waals surface area contributed by atoms with Crippen LogP contribution in [0.2, 0.25) is 15.1 Å². The fourth-order valence-electron chi connectivity index (χ4n) is 2.89. The number of allylic oxidation sites excluding steroid dienone is 1. The van der Waals surface area contributed by atoms with Crippen molar-refractivity contribution in [2.24, 2.45) is 0 Å². The van der Waals surface area contributed by atoms with Gasteiger partial charge in [-0.2, -0.15) is 39.5 Å². The molecule has 16 heteroatoms. The second kappa shape index (κ2) is 11.4. The minimum Gasteiger partial charge on any atom is -0.273 e. The predicted octanol–water partition coefficient (Wildman–Crippen LogP) is 7.74. The van der Waals surface area contributed by atoms with E-state index in [2.05, 4.69) is 0 Å². The molecule has 2 aromatic carbocycles. The molecule has 0 fully saturated rings. The van der Waals surface area contributed by atoms with E-state index in [9.17, 15) is 49.1 Å². The Bertz CT molecular complexity index is 1190. The lowest BCUT2D eigenvalue weighted by molar-refractivity contribution is -0.154. The molecular formula is C21H12Cl3F9N2O2. The fourth-order valence-corrected chi connectivity index (χ4v) is 3.50. The summed E-state index contributed by atoms with van der Waals surface area (Å²) >= 11 is 17.3. The Morgan fingerprint density at radius 2 is 1.43 bits per heavy atom. The number of hydrogen-bond donors (Lipinski definition) is 2. The van der Waals surface area contributed by atoms with Crippen LogP contribution in [0.4, 0.5) is 39.5 Å². The maximum absolute atomic E-state index is 13.7. The molecule has 2 amide bonds. The highest BCUT2D eigenvalue weighted by Crippen LogP contribution is 2.41. The molecule has 0 saturated heterocycles. The third kappa shape index (κ3) is 8.71. The molecule has 0 heterocycles. The van der Waals surface area contributed by atoms with Gasteiger partial charge in [-0.25, -0.2) is 0 Å². The van der Waals surface area contributed by atoms with Crippen molar-refractivity contribution in [3.05, 3.63) is 73.7 Å². The lowest BCUT2D eigenvalue weighted by atomic mass is 9.96. The van der Waals surface area contributed by atoms with Crippen molar-refractivity contribution in [1.82, 2.24) is 10.9 Å². The van der Waals surface area contributed by atoms with Crippen LogP contribution in [0.25, 0.3) is 6.08 Å². The van der Waals surface area contributed by atoms with Crippen molar-refractivity contribution in [2.45, 2.75) is 30.9 Å². The SMILES string of the molecule is O=C(CC(F)(F)F)NNC(=O)c1ccc(C=CC(c2cc(Cl)c(Cl)c(Cl)c2)C(F)(F)F)cc1C(F)(F)F. The molecule has 4 nitrogen and oxygen atoms in total. The van der Waals surface area contributed by atoms with Gasteiger partial charge in [-0.05, 0) is 35.4 Å². The monoisotopic (exact) mass is 600 g/mol. The van der Waals surface area contributed by atoms with E-state index in [1.165, 1.54) is 10.9 Å². The zero-order valence-corrected chi connectivity index (χ0v) is 19.9. The molecule has 0 bridgehead atoms. The Kier molecular flexibility index (Phi) is 9.42. The molecule has 2 rings (SSSR count). The summed E-state index contributed by atoms with van der Waals surface area (Å²) in [5, 5.41) is -0.775. The van der Waals surface area contributed by atoms with Gasteiger partial charge in [0, 0.05) is 0 Å². The van der Waals surface area contributed by atoms with Crippen molar-refractivity contribution in [3.63, 3.8) is 0 Å². The number of rotatable bonds is 5. The molecule has 1 unspecified atom stereocenters. The molecule has 0 aromatic heterocycles. The van der Waals surface area contributed by atoms with Gasteiger partial charge in [-0.1, -0.05) is 53.0 Å². The third-order valence-corrected chi connectivity index (χ3v) is 5.67. The molecule has 0 radical (unpaired) electrons. The van der Waals surface area contributed by atoms with Crippen molar-refractivity contribution >= 4 is 52.7 Å². The number of carbonyl (C=O) groups is 2. The van der Waals surface area contributed by atoms with E-state index in [4.69, 9.17) is 34.8 Å². The van der Waals surface area contributed by atoms with Gasteiger partial charge in [0.1, 0.15) is 6.42 Å². The van der Waals surface area contributed by atoms with Gasteiger partial charge < -0.3 is 0 Å². The molecule has 202 valence electrons. The van der Waals surface area contributed by atoms with E-state index in [0.717, 1.165) is 18.2 Å². The Labute approximate surface area is 217 Å². The highest BCUT2D eigenvalue weighted by atomic mass is 35.5. The average molecular weight is 602 g/mol. The Morgan fingerprint density at radius 3 is 1.92 bits per heavy atom. The molecule has 37 heavy (non-hydrogen) atoms. The summed E-state index contributed by atoms with van der Waals surface area (Å²) in [6.07, 6.45) is -15.8. The Balaban J connectivity index is 2.38. The topological polar surface area (TPSA) is 58.2 Å². The number of halogens is 12. The van der Waals surface area contributed by atoms with Gasteiger partial charge in [0.2, 0.25) is 5.91 Å². The number of benzene rings is 2. The third-order valence-electron chi connectivity index (χ3n) is 4.47. The van der Waals surface area contributed by atoms with Crippen molar-refractivity contribution in [3.8, 4) is 0 Å². The Hall–Kier alpha value is -2.64. The number of nitrogens with one attached hydrogen (secondary N) is 2. The largest absolute Gasteiger partial charge is 0.417 e. The maximum Gasteiger partial charge on any atom is 0.417 e. The summed E-state index contributed by atoms with van der Waals surface area (Å²) in [6, 6.07) is 3.55. The first kappa shape index (κ1) is 30.6. The zero-order chi connectivity index (χ0) is 28.3. The normalized spacial score (nSPS) is 13.5. The van der Waals surface area contributed by atoms with Crippen LogP contribution < -0.4 is 10.9 Å². The van der Waals surface area contributed by atoms with Crippen LogP contribution >= 0.6 is 34.8 Å². The zero-order valence-electron chi connectivity index (χ0n) is 17.7. The molecule has 0 aliphatic carbocycles. The summed E-state index contributed by atoms with van der Waals surface area (Å²) < 4.78 is 118. The molecule has 0 aliphatic rings. The minimum absolute atomic E-state index is 0.199. The van der Waals surface area contributed by atoms with Crippen LogP contribution in [0, 0.1) is 0 Å². The number of hydrazine groups is 1. The smallest absolute Gasteiger partial charge is 0.273 e. The fraction of sp³-hybridized carbons (Fsp3) is 0.238. The standard InChI is InChI=1S/C21H12Cl3F9N2O2/c22-14-6-10(7-15(23)17(14)24)12(20(28,29)30)4-2-9-1-3-11(13(5-9)21(31,32)33)18(37)35-34-16(36)8-19(25,26)27/h1-7,12H,8H2,(H,34,36)(H,35,37). The van der Waals surface area contributed by atoms with E-state index >= 15 is 0 Å². The molecular weight excluding hydrogens is 590 g/mol. The summed E-state index contributed by atoms with van der Waals surface area (Å²) in [5.41, 5.74) is -0.861. The summed E-state index contributed by atoms with van der Waals surface area (Å²) in [7, 11) is 0. The first-order valence-corrected chi connectivity index (χ1v) is 10.7. The van der Waals surface area contributed by atoms with E-state index in [0.29, 0.717) is 24.3 Å². The van der Waals surface area contributed by atoms with E-state index in [-0.39, 0.29) is 15.1 Å². The van der Waals surface area contributed by atoms with Crippen molar-refractivity contribution in [1.29, 1.82) is 0 Å². The lowest BCUT2D eigenvalue weighted by Crippen LogP contribution is -2.43.